The number of hydrogen-bond acceptors (Lipinski definition) is 2. The van der Waals surface area contributed by atoms with Crippen molar-refractivity contribution >= 4 is 0 Å². The van der Waals surface area contributed by atoms with E-state index in [9.17, 15) is 5.11 Å². The molecule has 1 aromatic rings. The zero-order valence-corrected chi connectivity index (χ0v) is 8.13. The second-order valence-electron chi connectivity index (χ2n) is 3.35. The Morgan fingerprint density at radius 1 is 1.31 bits per heavy atom. The molecule has 0 heterocycles. The molecule has 0 aromatic heterocycles. The maximum Gasteiger partial charge on any atom is 0.120 e. The molecule has 1 aromatic carbocycles. The third kappa shape index (κ3) is 1.81. The van der Waals surface area contributed by atoms with Gasteiger partial charge in [0.25, 0.3) is 0 Å². The number of nitriles is 1. The molecule has 1 N–H and O–H groups in total. The van der Waals surface area contributed by atoms with Crippen molar-refractivity contribution in [1.82, 2.24) is 0 Å². The highest BCUT2D eigenvalue weighted by atomic mass is 16.3. The van der Waals surface area contributed by atoms with E-state index in [0.717, 1.165) is 11.1 Å². The van der Waals surface area contributed by atoms with Crippen LogP contribution in [0.25, 0.3) is 0 Å². The monoisotopic (exact) mass is 175 g/mol. The molecule has 0 bridgehead atoms. The zero-order chi connectivity index (χ0) is 10.0. The highest BCUT2D eigenvalue weighted by molar-refractivity contribution is 5.44. The van der Waals surface area contributed by atoms with Crippen molar-refractivity contribution < 1.29 is 5.11 Å². The summed E-state index contributed by atoms with van der Waals surface area (Å²) in [7, 11) is 0. The van der Waals surface area contributed by atoms with Crippen LogP contribution in [0.3, 0.4) is 0 Å². The minimum Gasteiger partial charge on any atom is -0.508 e. The summed E-state index contributed by atoms with van der Waals surface area (Å²) in [5.74, 6) is -0.0311. The zero-order valence-electron chi connectivity index (χ0n) is 8.13. The maximum absolute atomic E-state index is 9.57. The molecule has 0 aliphatic rings. The Morgan fingerprint density at radius 2 is 1.85 bits per heavy atom. The van der Waals surface area contributed by atoms with Gasteiger partial charge in [0.2, 0.25) is 0 Å². The molecule has 0 saturated heterocycles. The molecule has 68 valence electrons. The van der Waals surface area contributed by atoms with Gasteiger partial charge in [-0.05, 0) is 38.0 Å². The van der Waals surface area contributed by atoms with Crippen molar-refractivity contribution in [3.8, 4) is 11.8 Å². The Labute approximate surface area is 78.4 Å². The Hall–Kier alpha value is -1.49. The highest BCUT2D eigenvalue weighted by Crippen LogP contribution is 2.27. The van der Waals surface area contributed by atoms with E-state index in [-0.39, 0.29) is 11.7 Å². The second kappa shape index (κ2) is 3.49. The lowest BCUT2D eigenvalue weighted by Crippen LogP contribution is -1.93. The van der Waals surface area contributed by atoms with Gasteiger partial charge in [0.1, 0.15) is 5.75 Å². The van der Waals surface area contributed by atoms with Crippen LogP contribution >= 0.6 is 0 Å². The first-order valence-corrected chi connectivity index (χ1v) is 4.26. The molecule has 0 saturated carbocycles. The van der Waals surface area contributed by atoms with Gasteiger partial charge in [-0.15, -0.1) is 0 Å². The van der Waals surface area contributed by atoms with Crippen molar-refractivity contribution in [3.05, 3.63) is 28.8 Å². The van der Waals surface area contributed by atoms with Gasteiger partial charge in [0.15, 0.2) is 0 Å². The van der Waals surface area contributed by atoms with Crippen molar-refractivity contribution in [2.24, 2.45) is 0 Å². The van der Waals surface area contributed by atoms with E-state index in [2.05, 4.69) is 6.07 Å². The maximum atomic E-state index is 9.57. The molecule has 2 nitrogen and oxygen atoms in total. The van der Waals surface area contributed by atoms with Gasteiger partial charge in [-0.2, -0.15) is 5.26 Å². The number of nitrogens with zero attached hydrogens (tertiary/aromatic N) is 1. The number of hydrogen-bond donors (Lipinski definition) is 1. The van der Waals surface area contributed by atoms with Crippen LogP contribution in [0.4, 0.5) is 0 Å². The lowest BCUT2D eigenvalue weighted by Gasteiger charge is -2.09. The third-order valence-electron chi connectivity index (χ3n) is 2.30. The number of phenols is 1. The van der Waals surface area contributed by atoms with Gasteiger partial charge < -0.3 is 5.11 Å². The fourth-order valence-corrected chi connectivity index (χ4v) is 1.24. The summed E-state index contributed by atoms with van der Waals surface area (Å²) >= 11 is 0. The van der Waals surface area contributed by atoms with Crippen molar-refractivity contribution in [2.45, 2.75) is 26.7 Å². The van der Waals surface area contributed by atoms with Crippen LogP contribution in [-0.4, -0.2) is 5.11 Å². The molecule has 1 unspecified atom stereocenters. The molecule has 0 spiro atoms. The van der Waals surface area contributed by atoms with Crippen LogP contribution in [0.2, 0.25) is 0 Å². The van der Waals surface area contributed by atoms with Gasteiger partial charge in [0, 0.05) is 5.56 Å². The summed E-state index contributed by atoms with van der Waals surface area (Å²) in [6, 6.07) is 5.69. The van der Waals surface area contributed by atoms with E-state index in [1.54, 1.807) is 13.0 Å². The average molecular weight is 175 g/mol. The molecule has 1 rings (SSSR count). The predicted molar refractivity (Wildman–Crippen MR) is 51.6 cm³/mol. The molecule has 0 fully saturated rings. The van der Waals surface area contributed by atoms with E-state index in [1.807, 2.05) is 19.9 Å². The Kier molecular flexibility index (Phi) is 2.57. The number of benzene rings is 1. The molecule has 1 atom stereocenters. The van der Waals surface area contributed by atoms with Crippen LogP contribution < -0.4 is 0 Å². The Morgan fingerprint density at radius 3 is 2.38 bits per heavy atom. The molecular weight excluding hydrogens is 162 g/mol. The van der Waals surface area contributed by atoms with E-state index in [1.165, 1.54) is 0 Å². The summed E-state index contributed by atoms with van der Waals surface area (Å²) in [5, 5.41) is 18.3. The molecule has 0 radical (unpaired) electrons. The number of rotatable bonds is 1. The van der Waals surface area contributed by atoms with Gasteiger partial charge in [0.05, 0.1) is 12.0 Å². The summed E-state index contributed by atoms with van der Waals surface area (Å²) < 4.78 is 0. The number of phenolic OH excluding ortho intramolecular Hbond substituents is 1. The average Bonchev–Trinajstić information content (AvgIpc) is 2.10. The first-order valence-electron chi connectivity index (χ1n) is 4.26. The highest BCUT2D eigenvalue weighted by Gasteiger charge is 2.10. The lowest BCUT2D eigenvalue weighted by molar-refractivity contribution is 0.466. The van der Waals surface area contributed by atoms with Crippen LogP contribution in [0.5, 0.6) is 5.75 Å². The quantitative estimate of drug-likeness (QED) is 0.713. The summed E-state index contributed by atoms with van der Waals surface area (Å²) in [6.07, 6.45) is 0. The predicted octanol–water partition coefficient (Wildman–Crippen LogP) is 2.64. The minimum atomic E-state index is -0.251. The molecule has 0 amide bonds. The third-order valence-corrected chi connectivity index (χ3v) is 2.30. The van der Waals surface area contributed by atoms with Crippen LogP contribution in [0.15, 0.2) is 12.1 Å². The topological polar surface area (TPSA) is 44.0 Å². The SMILES string of the molecule is Cc1cc(O)c(C(C)C#N)cc1C. The Bertz CT molecular complexity index is 363. The van der Waals surface area contributed by atoms with Crippen LogP contribution in [0, 0.1) is 25.2 Å². The number of aromatic hydroxyl groups is 1. The second-order valence-corrected chi connectivity index (χ2v) is 3.35. The molecular formula is C11H13NO. The van der Waals surface area contributed by atoms with Gasteiger partial charge >= 0.3 is 0 Å². The fraction of sp³-hybridized carbons (Fsp3) is 0.364. The van der Waals surface area contributed by atoms with Gasteiger partial charge in [-0.1, -0.05) is 6.07 Å². The van der Waals surface area contributed by atoms with E-state index < -0.39 is 0 Å². The molecule has 2 heteroatoms. The Balaban J connectivity index is 3.25. The van der Waals surface area contributed by atoms with Crippen LogP contribution in [0.1, 0.15) is 29.5 Å². The first-order chi connectivity index (χ1) is 6.06. The smallest absolute Gasteiger partial charge is 0.120 e. The summed E-state index contributed by atoms with van der Waals surface area (Å²) in [5.41, 5.74) is 2.87. The van der Waals surface area contributed by atoms with Crippen molar-refractivity contribution in [2.75, 3.05) is 0 Å². The molecule has 0 aliphatic carbocycles. The fourth-order valence-electron chi connectivity index (χ4n) is 1.24. The standard InChI is InChI=1S/C11H13NO/c1-7-4-10(9(3)6-12)11(13)5-8(7)2/h4-5,9,13H,1-3H3. The van der Waals surface area contributed by atoms with Crippen LogP contribution in [-0.2, 0) is 0 Å². The van der Waals surface area contributed by atoms with E-state index >= 15 is 0 Å². The van der Waals surface area contributed by atoms with Gasteiger partial charge in [-0.3, -0.25) is 0 Å². The summed E-state index contributed by atoms with van der Waals surface area (Å²) in [6.45, 7) is 5.70. The number of aryl methyl sites for hydroxylation is 2. The van der Waals surface area contributed by atoms with Gasteiger partial charge in [-0.25, -0.2) is 0 Å². The van der Waals surface area contributed by atoms with Crippen molar-refractivity contribution in [3.63, 3.8) is 0 Å². The normalized spacial score (nSPS) is 12.2. The van der Waals surface area contributed by atoms with E-state index in [0.29, 0.717) is 5.56 Å². The largest absolute Gasteiger partial charge is 0.508 e. The molecule has 13 heavy (non-hydrogen) atoms. The lowest BCUT2D eigenvalue weighted by atomic mass is 9.97. The summed E-state index contributed by atoms with van der Waals surface area (Å²) in [4.78, 5) is 0. The molecule has 0 aliphatic heterocycles. The minimum absolute atomic E-state index is 0.220. The van der Waals surface area contributed by atoms with Crippen molar-refractivity contribution in [1.29, 1.82) is 5.26 Å². The first kappa shape index (κ1) is 9.60. The van der Waals surface area contributed by atoms with E-state index in [4.69, 9.17) is 5.26 Å².